The number of hydrogen-bond donors (Lipinski definition) is 0. The Bertz CT molecular complexity index is 597. The van der Waals surface area contributed by atoms with Gasteiger partial charge in [-0.3, -0.25) is 10.1 Å². The molecule has 91 valence electrons. The molecule has 0 saturated heterocycles. The fraction of sp³-hybridized carbons (Fsp3) is 0.0769. The summed E-state index contributed by atoms with van der Waals surface area (Å²) >= 11 is 0. The zero-order chi connectivity index (χ0) is 13.1. The molecule has 0 bridgehead atoms. The lowest BCUT2D eigenvalue weighted by molar-refractivity contribution is -0.384. The molecule has 0 fully saturated rings. The maximum Gasteiger partial charge on any atom is 0.269 e. The monoisotopic (exact) mass is 243 g/mol. The summed E-state index contributed by atoms with van der Waals surface area (Å²) < 4.78 is 5.16. The Kier molecular flexibility index (Phi) is 3.23. The Hall–Kier alpha value is -2.43. The second-order valence-corrected chi connectivity index (χ2v) is 3.66. The molecule has 1 radical (unpaired) electrons. The van der Waals surface area contributed by atoms with Gasteiger partial charge in [0.15, 0.2) is 0 Å². The molecule has 0 saturated carbocycles. The molecule has 5 heteroatoms. The molecule has 0 atom stereocenters. The molecule has 5 nitrogen and oxygen atoms in total. The van der Waals surface area contributed by atoms with Gasteiger partial charge in [0, 0.05) is 23.9 Å². The fourth-order valence-corrected chi connectivity index (χ4v) is 1.71. The van der Waals surface area contributed by atoms with Gasteiger partial charge in [-0.15, -0.1) is 0 Å². The van der Waals surface area contributed by atoms with Crippen molar-refractivity contribution in [1.82, 2.24) is 4.98 Å². The summed E-state index contributed by atoms with van der Waals surface area (Å²) in [5.74, 6) is 0.469. The van der Waals surface area contributed by atoms with Crippen LogP contribution in [0.15, 0.2) is 36.5 Å². The second kappa shape index (κ2) is 4.83. The van der Waals surface area contributed by atoms with E-state index < -0.39 is 4.92 Å². The Morgan fingerprint density at radius 2 is 2.11 bits per heavy atom. The number of nitro benzene ring substituents is 1. The summed E-state index contributed by atoms with van der Waals surface area (Å²) in [6.07, 6.45) is 1.62. The molecule has 0 unspecified atom stereocenters. The van der Waals surface area contributed by atoms with Gasteiger partial charge in [-0.25, -0.2) is 4.98 Å². The lowest BCUT2D eigenvalue weighted by atomic mass is 10.0. The Morgan fingerprint density at radius 3 is 2.72 bits per heavy atom. The third-order valence-corrected chi connectivity index (χ3v) is 2.55. The number of hydrogen-bond acceptors (Lipinski definition) is 4. The van der Waals surface area contributed by atoms with Gasteiger partial charge >= 0.3 is 0 Å². The number of rotatable bonds is 3. The average Bonchev–Trinajstić information content (AvgIpc) is 2.38. The van der Waals surface area contributed by atoms with E-state index in [-0.39, 0.29) is 5.69 Å². The highest BCUT2D eigenvalue weighted by molar-refractivity contribution is 5.73. The van der Waals surface area contributed by atoms with E-state index in [2.05, 4.69) is 11.9 Å². The normalized spacial score (nSPS) is 10.1. The number of non-ortho nitro benzene ring substituents is 1. The van der Waals surface area contributed by atoms with E-state index in [4.69, 9.17) is 4.74 Å². The van der Waals surface area contributed by atoms with Crippen molar-refractivity contribution in [3.63, 3.8) is 0 Å². The second-order valence-electron chi connectivity index (χ2n) is 3.66. The number of aromatic nitrogens is 1. The number of nitrogens with zero attached hydrogens (tertiary/aromatic N) is 2. The highest BCUT2D eigenvalue weighted by Gasteiger charge is 2.12. The summed E-state index contributed by atoms with van der Waals surface area (Å²) in [4.78, 5) is 14.3. The van der Waals surface area contributed by atoms with Crippen molar-refractivity contribution in [3.8, 4) is 17.0 Å². The number of ether oxygens (including phenoxy) is 1. The van der Waals surface area contributed by atoms with Crippen LogP contribution < -0.4 is 4.74 Å². The highest BCUT2D eigenvalue weighted by atomic mass is 16.6. The van der Waals surface area contributed by atoms with Gasteiger partial charge in [-0.05, 0) is 36.2 Å². The molecule has 0 aliphatic heterocycles. The van der Waals surface area contributed by atoms with Gasteiger partial charge in [0.1, 0.15) is 0 Å². The van der Waals surface area contributed by atoms with Crippen molar-refractivity contribution < 1.29 is 9.66 Å². The van der Waals surface area contributed by atoms with E-state index in [1.807, 2.05) is 6.07 Å². The van der Waals surface area contributed by atoms with Crippen LogP contribution in [0.5, 0.6) is 5.88 Å². The molecule has 0 aliphatic carbocycles. The largest absolute Gasteiger partial charge is 0.481 e. The standard InChI is InChI=1S/C13H11N2O3/c1-9-8-10(15(16)17)5-6-11(9)12-4-3-7-14-13(12)18-2/h3-8H,1H2,2H3. The van der Waals surface area contributed by atoms with Gasteiger partial charge in [0.25, 0.3) is 5.69 Å². The Labute approximate surface area is 104 Å². The molecule has 0 amide bonds. The topological polar surface area (TPSA) is 65.3 Å². The first-order valence-corrected chi connectivity index (χ1v) is 5.23. The minimum absolute atomic E-state index is 0.0200. The van der Waals surface area contributed by atoms with Crippen molar-refractivity contribution >= 4 is 5.69 Å². The summed E-state index contributed by atoms with van der Waals surface area (Å²) in [5.41, 5.74) is 2.12. The quantitative estimate of drug-likeness (QED) is 0.614. The third-order valence-electron chi connectivity index (χ3n) is 2.55. The molecule has 18 heavy (non-hydrogen) atoms. The number of methoxy groups -OCH3 is 1. The van der Waals surface area contributed by atoms with Gasteiger partial charge in [0.2, 0.25) is 5.88 Å². The maximum absolute atomic E-state index is 10.7. The summed E-state index contributed by atoms with van der Waals surface area (Å²) in [5, 5.41) is 10.7. The Balaban J connectivity index is 2.54. The highest BCUT2D eigenvalue weighted by Crippen LogP contribution is 2.31. The first kappa shape index (κ1) is 12.0. The molecule has 0 N–H and O–H groups in total. The average molecular weight is 243 g/mol. The molecular weight excluding hydrogens is 232 g/mol. The van der Waals surface area contributed by atoms with E-state index in [1.165, 1.54) is 19.2 Å². The van der Waals surface area contributed by atoms with Crippen LogP contribution in [0.4, 0.5) is 5.69 Å². The van der Waals surface area contributed by atoms with Crippen LogP contribution in [-0.2, 0) is 0 Å². The van der Waals surface area contributed by atoms with Crippen molar-refractivity contribution in [2.75, 3.05) is 7.11 Å². The van der Waals surface area contributed by atoms with Crippen LogP contribution in [0.3, 0.4) is 0 Å². The molecule has 1 heterocycles. The molecule has 2 aromatic rings. The maximum atomic E-state index is 10.7. The number of benzene rings is 1. The third kappa shape index (κ3) is 2.15. The SMILES string of the molecule is [CH2]c1cc([N+](=O)[O-])ccc1-c1cccnc1OC. The van der Waals surface area contributed by atoms with Crippen molar-refractivity contribution in [1.29, 1.82) is 0 Å². The predicted molar refractivity (Wildman–Crippen MR) is 67.3 cm³/mol. The van der Waals surface area contributed by atoms with Crippen LogP contribution in [0.2, 0.25) is 0 Å². The molecule has 2 rings (SSSR count). The van der Waals surface area contributed by atoms with Gasteiger partial charge in [0.05, 0.1) is 12.0 Å². The lowest BCUT2D eigenvalue weighted by Crippen LogP contribution is -1.94. The van der Waals surface area contributed by atoms with Crippen molar-refractivity contribution in [2.24, 2.45) is 0 Å². The summed E-state index contributed by atoms with van der Waals surface area (Å²) in [6.45, 7) is 3.83. The van der Waals surface area contributed by atoms with E-state index in [9.17, 15) is 10.1 Å². The molecule has 1 aromatic heterocycles. The van der Waals surface area contributed by atoms with Crippen molar-refractivity contribution in [2.45, 2.75) is 0 Å². The van der Waals surface area contributed by atoms with E-state index in [0.717, 1.165) is 11.1 Å². The molecule has 0 aliphatic rings. The van der Waals surface area contributed by atoms with Crippen LogP contribution >= 0.6 is 0 Å². The molecule has 0 spiro atoms. The van der Waals surface area contributed by atoms with Gasteiger partial charge < -0.3 is 4.74 Å². The van der Waals surface area contributed by atoms with Crippen molar-refractivity contribution in [3.05, 3.63) is 59.1 Å². The summed E-state index contributed by atoms with van der Waals surface area (Å²) in [6, 6.07) is 8.14. The van der Waals surface area contributed by atoms with E-state index >= 15 is 0 Å². The fourth-order valence-electron chi connectivity index (χ4n) is 1.71. The molecular formula is C13H11N2O3. The Morgan fingerprint density at radius 1 is 1.33 bits per heavy atom. The zero-order valence-corrected chi connectivity index (χ0v) is 9.79. The molecule has 1 aromatic carbocycles. The lowest BCUT2D eigenvalue weighted by Gasteiger charge is -2.09. The van der Waals surface area contributed by atoms with Crippen LogP contribution in [-0.4, -0.2) is 17.0 Å². The first-order chi connectivity index (χ1) is 8.63. The summed E-state index contributed by atoms with van der Waals surface area (Å²) in [7, 11) is 1.53. The number of nitro groups is 1. The predicted octanol–water partition coefficient (Wildman–Crippen LogP) is 2.85. The van der Waals surface area contributed by atoms with Crippen LogP contribution in [0.1, 0.15) is 5.56 Å². The van der Waals surface area contributed by atoms with E-state index in [0.29, 0.717) is 11.4 Å². The van der Waals surface area contributed by atoms with Gasteiger partial charge in [-0.2, -0.15) is 0 Å². The van der Waals surface area contributed by atoms with Crippen LogP contribution in [0.25, 0.3) is 11.1 Å². The minimum Gasteiger partial charge on any atom is -0.481 e. The first-order valence-electron chi connectivity index (χ1n) is 5.23. The number of pyridine rings is 1. The van der Waals surface area contributed by atoms with Crippen LogP contribution in [0, 0.1) is 17.0 Å². The van der Waals surface area contributed by atoms with E-state index in [1.54, 1.807) is 18.3 Å². The smallest absolute Gasteiger partial charge is 0.269 e. The zero-order valence-electron chi connectivity index (χ0n) is 9.79. The van der Waals surface area contributed by atoms with Gasteiger partial charge in [-0.1, -0.05) is 0 Å². The minimum atomic E-state index is -0.446.